The van der Waals surface area contributed by atoms with Crippen molar-refractivity contribution in [1.29, 1.82) is 0 Å². The lowest BCUT2D eigenvalue weighted by atomic mass is 10.3. The summed E-state index contributed by atoms with van der Waals surface area (Å²) in [5.41, 5.74) is 5.77. The fourth-order valence-corrected chi connectivity index (χ4v) is 1.30. The van der Waals surface area contributed by atoms with Crippen LogP contribution in [0.4, 0.5) is 5.95 Å². The lowest BCUT2D eigenvalue weighted by molar-refractivity contribution is 1.03. The van der Waals surface area contributed by atoms with Gasteiger partial charge in [0.25, 0.3) is 0 Å². The Hall–Kier alpha value is -2.02. The van der Waals surface area contributed by atoms with E-state index in [4.69, 9.17) is 18.0 Å². The summed E-state index contributed by atoms with van der Waals surface area (Å²) in [6.07, 6.45) is 0. The van der Waals surface area contributed by atoms with Crippen molar-refractivity contribution in [3.63, 3.8) is 0 Å². The smallest absolute Gasteiger partial charge is 0.248 e. The standard InChI is InChI=1S/C8H7N5OS/c9-7-11-6(12-8(15)13-7)4-2-1-3-5(14)10-4/h1-3H,(H,10,14)(H3,9,11,12,13,15). The molecule has 6 nitrogen and oxygen atoms in total. The van der Waals surface area contributed by atoms with Crippen molar-refractivity contribution < 1.29 is 0 Å². The van der Waals surface area contributed by atoms with Gasteiger partial charge >= 0.3 is 0 Å². The molecule has 0 aliphatic rings. The highest BCUT2D eigenvalue weighted by molar-refractivity contribution is 7.71. The van der Waals surface area contributed by atoms with E-state index in [1.165, 1.54) is 6.07 Å². The second-order valence-corrected chi connectivity index (χ2v) is 3.16. The maximum absolute atomic E-state index is 11.1. The predicted molar refractivity (Wildman–Crippen MR) is 57.7 cm³/mol. The van der Waals surface area contributed by atoms with Crippen LogP contribution in [0.15, 0.2) is 23.0 Å². The first-order valence-corrected chi connectivity index (χ1v) is 4.49. The predicted octanol–water partition coefficient (Wildman–Crippen LogP) is 0.472. The molecule has 0 saturated carbocycles. The zero-order chi connectivity index (χ0) is 10.8. The molecular formula is C8H7N5OS. The van der Waals surface area contributed by atoms with Crippen LogP contribution in [-0.2, 0) is 0 Å². The van der Waals surface area contributed by atoms with Gasteiger partial charge in [-0.1, -0.05) is 6.07 Å². The Bertz CT molecular complexity index is 602. The van der Waals surface area contributed by atoms with Crippen LogP contribution >= 0.6 is 12.2 Å². The number of aromatic nitrogens is 4. The number of rotatable bonds is 1. The van der Waals surface area contributed by atoms with Gasteiger partial charge < -0.3 is 15.7 Å². The molecular weight excluding hydrogens is 214 g/mol. The number of nitrogens with zero attached hydrogens (tertiary/aromatic N) is 2. The molecule has 0 atom stereocenters. The summed E-state index contributed by atoms with van der Waals surface area (Å²) in [6.45, 7) is 0. The van der Waals surface area contributed by atoms with E-state index in [2.05, 4.69) is 19.9 Å². The number of H-pyrrole nitrogens is 2. The average molecular weight is 221 g/mol. The number of anilines is 1. The molecule has 4 N–H and O–H groups in total. The Balaban J connectivity index is 2.64. The average Bonchev–Trinajstić information content (AvgIpc) is 2.16. The minimum Gasteiger partial charge on any atom is -0.369 e. The minimum absolute atomic E-state index is 0.131. The monoisotopic (exact) mass is 221 g/mol. The zero-order valence-electron chi connectivity index (χ0n) is 7.52. The summed E-state index contributed by atoms with van der Waals surface area (Å²) in [7, 11) is 0. The number of pyridine rings is 1. The second kappa shape index (κ2) is 3.62. The summed E-state index contributed by atoms with van der Waals surface area (Å²) in [5.74, 6) is 0.555. The number of hydrogen-bond donors (Lipinski definition) is 3. The van der Waals surface area contributed by atoms with Crippen molar-refractivity contribution in [1.82, 2.24) is 19.9 Å². The quantitative estimate of drug-likeness (QED) is 0.608. The highest BCUT2D eigenvalue weighted by Gasteiger charge is 2.01. The van der Waals surface area contributed by atoms with Crippen LogP contribution in [-0.4, -0.2) is 19.9 Å². The summed E-state index contributed by atoms with van der Waals surface area (Å²) in [4.78, 5) is 24.0. The number of nitrogens with one attached hydrogen (secondary N) is 2. The second-order valence-electron chi connectivity index (χ2n) is 2.79. The van der Waals surface area contributed by atoms with Gasteiger partial charge in [-0.25, -0.2) is 0 Å². The van der Waals surface area contributed by atoms with E-state index in [1.807, 2.05) is 0 Å². The number of nitrogen functional groups attached to an aromatic ring is 1. The van der Waals surface area contributed by atoms with Crippen molar-refractivity contribution in [3.05, 3.63) is 33.3 Å². The van der Waals surface area contributed by atoms with Crippen LogP contribution < -0.4 is 11.3 Å². The lowest BCUT2D eigenvalue weighted by Crippen LogP contribution is -2.06. The molecule has 2 rings (SSSR count). The van der Waals surface area contributed by atoms with E-state index < -0.39 is 0 Å². The van der Waals surface area contributed by atoms with E-state index in [-0.39, 0.29) is 16.3 Å². The van der Waals surface area contributed by atoms with Crippen molar-refractivity contribution in [2.75, 3.05) is 5.73 Å². The third-order valence-corrected chi connectivity index (χ3v) is 1.88. The highest BCUT2D eigenvalue weighted by Crippen LogP contribution is 2.08. The molecule has 0 radical (unpaired) electrons. The number of hydrogen-bond acceptors (Lipinski definition) is 5. The third kappa shape index (κ3) is 2.08. The molecule has 0 saturated heterocycles. The summed E-state index contributed by atoms with van der Waals surface area (Å²) < 4.78 is 0.131. The maximum Gasteiger partial charge on any atom is 0.248 e. The molecule has 0 fully saturated rings. The van der Waals surface area contributed by atoms with Crippen molar-refractivity contribution in [3.8, 4) is 11.5 Å². The van der Waals surface area contributed by atoms with Gasteiger partial charge in [0.05, 0.1) is 5.69 Å². The highest BCUT2D eigenvalue weighted by atomic mass is 32.1. The molecule has 7 heteroatoms. The molecule has 76 valence electrons. The first-order valence-electron chi connectivity index (χ1n) is 4.09. The summed E-state index contributed by atoms with van der Waals surface area (Å²) >= 11 is 4.81. The van der Waals surface area contributed by atoms with Gasteiger partial charge in [-0.15, -0.1) is 0 Å². The molecule has 15 heavy (non-hydrogen) atoms. The maximum atomic E-state index is 11.1. The Morgan fingerprint density at radius 1 is 1.27 bits per heavy atom. The van der Waals surface area contributed by atoms with Crippen LogP contribution in [0.2, 0.25) is 0 Å². The first kappa shape index (κ1) is 9.53. The summed E-state index contributed by atoms with van der Waals surface area (Å²) in [5, 5.41) is 0. The number of nitrogens with two attached hydrogens (primary N) is 1. The van der Waals surface area contributed by atoms with Gasteiger partial charge in [0.15, 0.2) is 5.82 Å². The van der Waals surface area contributed by atoms with Gasteiger partial charge in [-0.3, -0.25) is 4.79 Å². The molecule has 0 bridgehead atoms. The SMILES string of the molecule is Nc1nc(=S)nc(-c2cccc(=O)[nH]2)[nH]1. The topological polar surface area (TPSA) is 100 Å². The van der Waals surface area contributed by atoms with Gasteiger partial charge in [0, 0.05) is 6.07 Å². The van der Waals surface area contributed by atoms with Crippen LogP contribution in [0.25, 0.3) is 11.5 Å². The van der Waals surface area contributed by atoms with Crippen molar-refractivity contribution in [2.45, 2.75) is 0 Å². The van der Waals surface area contributed by atoms with E-state index in [0.717, 1.165) is 0 Å². The molecule has 0 aliphatic heterocycles. The zero-order valence-corrected chi connectivity index (χ0v) is 8.34. The Labute approximate surface area is 89.2 Å². The van der Waals surface area contributed by atoms with Crippen LogP contribution in [0.1, 0.15) is 0 Å². The van der Waals surface area contributed by atoms with Crippen molar-refractivity contribution in [2.24, 2.45) is 0 Å². The van der Waals surface area contributed by atoms with E-state index >= 15 is 0 Å². The molecule has 2 aromatic heterocycles. The third-order valence-electron chi connectivity index (χ3n) is 1.69. The van der Waals surface area contributed by atoms with Gasteiger partial charge in [-0.05, 0) is 18.3 Å². The normalized spacial score (nSPS) is 10.1. The summed E-state index contributed by atoms with van der Waals surface area (Å²) in [6, 6.07) is 4.71. The van der Waals surface area contributed by atoms with E-state index in [9.17, 15) is 4.79 Å². The molecule has 0 aromatic carbocycles. The van der Waals surface area contributed by atoms with Crippen LogP contribution in [0, 0.1) is 4.77 Å². The fraction of sp³-hybridized carbons (Fsp3) is 0. The largest absolute Gasteiger partial charge is 0.369 e. The molecule has 0 unspecified atom stereocenters. The molecule has 0 amide bonds. The van der Waals surface area contributed by atoms with Crippen LogP contribution in [0.5, 0.6) is 0 Å². The Morgan fingerprint density at radius 3 is 2.73 bits per heavy atom. The number of aromatic amines is 2. The van der Waals surface area contributed by atoms with Gasteiger partial charge in [-0.2, -0.15) is 9.97 Å². The minimum atomic E-state index is -0.219. The lowest BCUT2D eigenvalue weighted by Gasteiger charge is -2.00. The molecule has 0 spiro atoms. The molecule has 0 aliphatic carbocycles. The van der Waals surface area contributed by atoms with Gasteiger partial charge in [0.1, 0.15) is 0 Å². The first-order chi connectivity index (χ1) is 7.15. The molecule has 2 aromatic rings. The van der Waals surface area contributed by atoms with E-state index in [0.29, 0.717) is 11.5 Å². The molecule has 2 heterocycles. The van der Waals surface area contributed by atoms with Crippen LogP contribution in [0.3, 0.4) is 0 Å². The Morgan fingerprint density at radius 2 is 2.07 bits per heavy atom. The Kier molecular flexibility index (Phi) is 2.30. The van der Waals surface area contributed by atoms with E-state index in [1.54, 1.807) is 12.1 Å². The van der Waals surface area contributed by atoms with Gasteiger partial charge in [0.2, 0.25) is 16.3 Å². The van der Waals surface area contributed by atoms with Crippen molar-refractivity contribution >= 4 is 18.2 Å². The fourth-order valence-electron chi connectivity index (χ4n) is 1.11.